The van der Waals surface area contributed by atoms with Crippen LogP contribution in [0.5, 0.6) is 0 Å². The summed E-state index contributed by atoms with van der Waals surface area (Å²) in [6.07, 6.45) is 0. The van der Waals surface area contributed by atoms with E-state index < -0.39 is 0 Å². The fourth-order valence-electron chi connectivity index (χ4n) is 3.01. The maximum atomic E-state index is 13.2. The third kappa shape index (κ3) is 3.51. The van der Waals surface area contributed by atoms with Crippen molar-refractivity contribution in [3.63, 3.8) is 0 Å². The van der Waals surface area contributed by atoms with E-state index in [-0.39, 0.29) is 11.9 Å². The van der Waals surface area contributed by atoms with Crippen molar-refractivity contribution < 1.29 is 8.91 Å². The van der Waals surface area contributed by atoms with E-state index in [1.54, 1.807) is 19.1 Å². The number of benzene rings is 2. The summed E-state index contributed by atoms with van der Waals surface area (Å²) in [4.78, 5) is 9.15. The Morgan fingerprint density at radius 2 is 1.78 bits per heavy atom. The van der Waals surface area contributed by atoms with Crippen molar-refractivity contribution in [2.24, 2.45) is 0 Å². The first-order valence-electron chi connectivity index (χ1n) is 8.74. The van der Waals surface area contributed by atoms with Gasteiger partial charge < -0.3 is 9.84 Å². The van der Waals surface area contributed by atoms with Gasteiger partial charge in [0.15, 0.2) is 0 Å². The zero-order valence-electron chi connectivity index (χ0n) is 15.3. The molecule has 0 bridgehead atoms. The van der Waals surface area contributed by atoms with Crippen molar-refractivity contribution in [2.45, 2.75) is 26.8 Å². The minimum Gasteiger partial charge on any atom is -0.363 e. The monoisotopic (exact) mass is 362 g/mol. The van der Waals surface area contributed by atoms with Crippen LogP contribution in [0.4, 0.5) is 10.2 Å². The highest BCUT2D eigenvalue weighted by molar-refractivity contribution is 5.88. The Kier molecular flexibility index (Phi) is 4.32. The molecule has 2 aromatic carbocycles. The Labute approximate surface area is 156 Å². The number of halogens is 1. The van der Waals surface area contributed by atoms with Crippen molar-refractivity contribution in [2.75, 3.05) is 5.32 Å². The Bertz CT molecular complexity index is 1110. The van der Waals surface area contributed by atoms with E-state index in [9.17, 15) is 4.39 Å². The third-order valence-corrected chi connectivity index (χ3v) is 4.46. The Hall–Kier alpha value is -3.28. The molecule has 1 atom stereocenters. The maximum Gasteiger partial charge on any atom is 0.223 e. The molecule has 1 unspecified atom stereocenters. The number of fused-ring (bicyclic) bond motifs is 1. The Morgan fingerprint density at radius 1 is 1.00 bits per heavy atom. The number of nitrogens with one attached hydrogen (secondary N) is 1. The molecule has 0 saturated heterocycles. The molecule has 0 aliphatic rings. The summed E-state index contributed by atoms with van der Waals surface area (Å²) in [7, 11) is 0. The Morgan fingerprint density at radius 3 is 2.48 bits per heavy atom. The first-order valence-corrected chi connectivity index (χ1v) is 8.74. The van der Waals surface area contributed by atoms with Crippen LogP contribution in [0.25, 0.3) is 22.3 Å². The first-order chi connectivity index (χ1) is 13.0. The van der Waals surface area contributed by atoms with Crippen LogP contribution in [-0.2, 0) is 0 Å². The summed E-state index contributed by atoms with van der Waals surface area (Å²) >= 11 is 0. The molecule has 1 N–H and O–H groups in total. The van der Waals surface area contributed by atoms with Crippen LogP contribution in [0.3, 0.4) is 0 Å². The minimum atomic E-state index is -0.256. The van der Waals surface area contributed by atoms with E-state index in [0.717, 1.165) is 27.6 Å². The lowest BCUT2D eigenvalue weighted by atomic mass is 10.1. The summed E-state index contributed by atoms with van der Waals surface area (Å²) in [6, 6.07) is 14.5. The second kappa shape index (κ2) is 6.79. The van der Waals surface area contributed by atoms with Gasteiger partial charge in [0.25, 0.3) is 0 Å². The number of hydrogen-bond donors (Lipinski definition) is 1. The van der Waals surface area contributed by atoms with Crippen LogP contribution in [0.1, 0.15) is 30.0 Å². The van der Waals surface area contributed by atoms with Gasteiger partial charge in [0, 0.05) is 18.4 Å². The summed E-state index contributed by atoms with van der Waals surface area (Å²) in [5.41, 5.74) is 3.73. The second-order valence-corrected chi connectivity index (χ2v) is 6.64. The molecular formula is C21H19FN4O. The number of hydrogen-bond acceptors (Lipinski definition) is 5. The van der Waals surface area contributed by atoms with E-state index in [4.69, 9.17) is 9.51 Å². The summed E-state index contributed by atoms with van der Waals surface area (Å²) in [5.74, 6) is 1.38. The highest BCUT2D eigenvalue weighted by Crippen LogP contribution is 2.31. The number of aromatic nitrogens is 3. The van der Waals surface area contributed by atoms with E-state index in [0.29, 0.717) is 17.5 Å². The summed E-state index contributed by atoms with van der Waals surface area (Å²) in [6.45, 7) is 5.79. The SMILES string of the molecule is Cc1ccc2cc(-c3noc(C)n3)c(NC(C)c3ccc(F)cc3)nc2c1. The maximum absolute atomic E-state index is 13.2. The van der Waals surface area contributed by atoms with Crippen LogP contribution in [0.15, 0.2) is 53.1 Å². The molecule has 0 fully saturated rings. The van der Waals surface area contributed by atoms with Gasteiger partial charge in [-0.2, -0.15) is 4.98 Å². The van der Waals surface area contributed by atoms with Gasteiger partial charge in [-0.05, 0) is 49.2 Å². The smallest absolute Gasteiger partial charge is 0.223 e. The molecule has 5 nitrogen and oxygen atoms in total. The lowest BCUT2D eigenvalue weighted by molar-refractivity contribution is 0.394. The Balaban J connectivity index is 1.80. The summed E-state index contributed by atoms with van der Waals surface area (Å²) < 4.78 is 18.4. The van der Waals surface area contributed by atoms with Gasteiger partial charge in [0.2, 0.25) is 11.7 Å². The molecule has 0 saturated carbocycles. The van der Waals surface area contributed by atoms with Crippen LogP contribution in [-0.4, -0.2) is 15.1 Å². The van der Waals surface area contributed by atoms with E-state index in [1.807, 2.05) is 38.1 Å². The zero-order chi connectivity index (χ0) is 19.0. The first kappa shape index (κ1) is 17.1. The van der Waals surface area contributed by atoms with Crippen molar-refractivity contribution in [1.82, 2.24) is 15.1 Å². The van der Waals surface area contributed by atoms with Crippen LogP contribution < -0.4 is 5.32 Å². The number of rotatable bonds is 4. The molecule has 0 spiro atoms. The summed E-state index contributed by atoms with van der Waals surface area (Å²) in [5, 5.41) is 8.46. The normalized spacial score (nSPS) is 12.3. The van der Waals surface area contributed by atoms with Crippen molar-refractivity contribution >= 4 is 16.7 Å². The highest BCUT2D eigenvalue weighted by Gasteiger charge is 2.17. The van der Waals surface area contributed by atoms with Gasteiger partial charge in [-0.3, -0.25) is 0 Å². The third-order valence-electron chi connectivity index (χ3n) is 4.46. The highest BCUT2D eigenvalue weighted by atomic mass is 19.1. The molecule has 27 heavy (non-hydrogen) atoms. The predicted molar refractivity (Wildman–Crippen MR) is 103 cm³/mol. The average Bonchev–Trinajstić information content (AvgIpc) is 3.07. The van der Waals surface area contributed by atoms with Crippen LogP contribution in [0, 0.1) is 19.7 Å². The lowest BCUT2D eigenvalue weighted by Crippen LogP contribution is -2.09. The minimum absolute atomic E-state index is 0.0768. The molecule has 2 aromatic heterocycles. The van der Waals surface area contributed by atoms with Crippen molar-refractivity contribution in [3.05, 3.63) is 71.4 Å². The van der Waals surface area contributed by atoms with Crippen molar-refractivity contribution in [3.8, 4) is 11.4 Å². The lowest BCUT2D eigenvalue weighted by Gasteiger charge is -2.17. The molecule has 4 aromatic rings. The van der Waals surface area contributed by atoms with Crippen LogP contribution in [0.2, 0.25) is 0 Å². The van der Waals surface area contributed by atoms with Crippen LogP contribution >= 0.6 is 0 Å². The molecular weight excluding hydrogens is 343 g/mol. The van der Waals surface area contributed by atoms with Gasteiger partial charge >= 0.3 is 0 Å². The molecule has 0 amide bonds. The zero-order valence-corrected chi connectivity index (χ0v) is 15.3. The van der Waals surface area contributed by atoms with E-state index >= 15 is 0 Å². The van der Waals surface area contributed by atoms with Gasteiger partial charge in [-0.1, -0.05) is 29.4 Å². The van der Waals surface area contributed by atoms with E-state index in [2.05, 4.69) is 15.5 Å². The van der Waals surface area contributed by atoms with Gasteiger partial charge in [-0.15, -0.1) is 0 Å². The molecule has 4 rings (SSSR count). The molecule has 2 heterocycles. The standard InChI is InChI=1S/C21H19FN4O/c1-12-4-5-16-11-18(21-24-14(3)27-26-21)20(25-19(16)10-12)23-13(2)15-6-8-17(22)9-7-15/h4-11,13H,1-3H3,(H,23,25). The molecule has 136 valence electrons. The number of pyridine rings is 1. The largest absolute Gasteiger partial charge is 0.363 e. The molecule has 6 heteroatoms. The number of aryl methyl sites for hydroxylation is 2. The molecule has 0 aliphatic heterocycles. The average molecular weight is 362 g/mol. The van der Waals surface area contributed by atoms with Gasteiger partial charge in [-0.25, -0.2) is 9.37 Å². The molecule has 0 radical (unpaired) electrons. The fraction of sp³-hybridized carbons (Fsp3) is 0.190. The van der Waals surface area contributed by atoms with Gasteiger partial charge in [0.1, 0.15) is 11.6 Å². The number of anilines is 1. The van der Waals surface area contributed by atoms with Crippen molar-refractivity contribution in [1.29, 1.82) is 0 Å². The number of nitrogens with zero attached hydrogens (tertiary/aromatic N) is 3. The quantitative estimate of drug-likeness (QED) is 0.540. The topological polar surface area (TPSA) is 63.8 Å². The predicted octanol–water partition coefficient (Wildman–Crippen LogP) is 5.21. The van der Waals surface area contributed by atoms with Gasteiger partial charge in [0.05, 0.1) is 11.1 Å². The molecule has 0 aliphatic carbocycles. The second-order valence-electron chi connectivity index (χ2n) is 6.64. The van der Waals surface area contributed by atoms with E-state index in [1.165, 1.54) is 12.1 Å². The fourth-order valence-corrected chi connectivity index (χ4v) is 3.01.